The first-order chi connectivity index (χ1) is 12.4. The predicted molar refractivity (Wildman–Crippen MR) is 106 cm³/mol. The molecule has 0 radical (unpaired) electrons. The van der Waals surface area contributed by atoms with Gasteiger partial charge in [-0.15, -0.1) is 0 Å². The normalized spacial score (nSPS) is 10.9. The molecule has 0 bridgehead atoms. The van der Waals surface area contributed by atoms with Gasteiger partial charge >= 0.3 is 5.97 Å². The van der Waals surface area contributed by atoms with Crippen LogP contribution in [0.5, 0.6) is 23.0 Å². The summed E-state index contributed by atoms with van der Waals surface area (Å²) in [6, 6.07) is 5.66. The molecule has 0 aliphatic carbocycles. The fourth-order valence-electron chi connectivity index (χ4n) is 2.78. The number of carbonyl (C=O) groups excluding carboxylic acids is 1. The van der Waals surface area contributed by atoms with Crippen LogP contribution >= 0.6 is 15.9 Å². The fraction of sp³-hybridized carbons (Fsp3) is 0.450. The van der Waals surface area contributed by atoms with E-state index < -0.39 is 5.97 Å². The van der Waals surface area contributed by atoms with Gasteiger partial charge in [-0.3, -0.25) is 4.79 Å². The standard InChI is InChI=1S/C20H25BrO5/c1-12(2)7-6-10-25-17-16-11-14(21)8-9-15(16)18(26-13(3)22)20(24-5)19(17)23-4/h8-9,11-12H,6-7,10H2,1-5H3. The minimum atomic E-state index is -0.430. The Bertz CT molecular complexity index is 786. The van der Waals surface area contributed by atoms with Gasteiger partial charge in [-0.05, 0) is 37.0 Å². The monoisotopic (exact) mass is 424 g/mol. The largest absolute Gasteiger partial charge is 0.490 e. The van der Waals surface area contributed by atoms with Gasteiger partial charge in [0.2, 0.25) is 11.5 Å². The van der Waals surface area contributed by atoms with Gasteiger partial charge in [0.05, 0.1) is 20.8 Å². The van der Waals surface area contributed by atoms with Crippen LogP contribution in [0, 0.1) is 5.92 Å². The van der Waals surface area contributed by atoms with Gasteiger partial charge in [0.25, 0.3) is 0 Å². The van der Waals surface area contributed by atoms with Gasteiger partial charge in [0.15, 0.2) is 11.5 Å². The molecule has 2 rings (SSSR count). The molecule has 0 N–H and O–H groups in total. The van der Waals surface area contributed by atoms with Crippen LogP contribution in [0.25, 0.3) is 10.8 Å². The van der Waals surface area contributed by atoms with Crippen LogP contribution in [0.1, 0.15) is 33.6 Å². The van der Waals surface area contributed by atoms with Gasteiger partial charge in [0, 0.05) is 22.2 Å². The number of carbonyl (C=O) groups is 1. The molecule has 0 unspecified atom stereocenters. The van der Waals surface area contributed by atoms with E-state index in [1.807, 2.05) is 18.2 Å². The van der Waals surface area contributed by atoms with E-state index in [-0.39, 0.29) is 0 Å². The van der Waals surface area contributed by atoms with Crippen molar-refractivity contribution in [1.29, 1.82) is 0 Å². The van der Waals surface area contributed by atoms with Gasteiger partial charge in [-0.1, -0.05) is 29.8 Å². The molecule has 0 amide bonds. The van der Waals surface area contributed by atoms with Crippen molar-refractivity contribution in [2.75, 3.05) is 20.8 Å². The van der Waals surface area contributed by atoms with E-state index in [0.717, 1.165) is 28.1 Å². The van der Waals surface area contributed by atoms with Crippen molar-refractivity contribution in [2.24, 2.45) is 5.92 Å². The SMILES string of the molecule is COc1c(OC)c(OC(C)=O)c2ccc(Br)cc2c1OCCCC(C)C. The Morgan fingerprint density at radius 1 is 1.04 bits per heavy atom. The quantitative estimate of drug-likeness (QED) is 0.324. The lowest BCUT2D eigenvalue weighted by atomic mass is 10.1. The smallest absolute Gasteiger partial charge is 0.308 e. The first kappa shape index (κ1) is 20.4. The first-order valence-corrected chi connectivity index (χ1v) is 9.36. The Balaban J connectivity index is 2.61. The summed E-state index contributed by atoms with van der Waals surface area (Å²) < 4.78 is 23.5. The van der Waals surface area contributed by atoms with Crippen LogP contribution in [0.15, 0.2) is 22.7 Å². The highest BCUT2D eigenvalue weighted by molar-refractivity contribution is 9.10. The van der Waals surface area contributed by atoms with Gasteiger partial charge in [0.1, 0.15) is 0 Å². The maximum atomic E-state index is 11.6. The Morgan fingerprint density at radius 2 is 1.69 bits per heavy atom. The van der Waals surface area contributed by atoms with Crippen molar-refractivity contribution in [1.82, 2.24) is 0 Å². The van der Waals surface area contributed by atoms with Crippen molar-refractivity contribution in [3.05, 3.63) is 22.7 Å². The molecule has 0 saturated heterocycles. The molecule has 0 aliphatic heterocycles. The van der Waals surface area contributed by atoms with E-state index in [2.05, 4.69) is 29.8 Å². The number of ether oxygens (including phenoxy) is 4. The Hall–Kier alpha value is -1.95. The van der Waals surface area contributed by atoms with E-state index in [1.54, 1.807) is 7.11 Å². The summed E-state index contributed by atoms with van der Waals surface area (Å²) in [5, 5.41) is 1.51. The van der Waals surface area contributed by atoms with Gasteiger partial charge in [-0.2, -0.15) is 0 Å². The second kappa shape index (κ2) is 9.12. The van der Waals surface area contributed by atoms with E-state index in [4.69, 9.17) is 18.9 Å². The van der Waals surface area contributed by atoms with Crippen molar-refractivity contribution in [3.8, 4) is 23.0 Å². The highest BCUT2D eigenvalue weighted by Gasteiger charge is 2.25. The zero-order valence-corrected chi connectivity index (χ0v) is 17.4. The number of fused-ring (bicyclic) bond motifs is 1. The molecule has 0 spiro atoms. The molecular formula is C20H25BrO5. The molecule has 0 fully saturated rings. The van der Waals surface area contributed by atoms with Crippen LogP contribution in [-0.2, 0) is 4.79 Å². The Labute approximate surface area is 162 Å². The second-order valence-corrected chi connectivity index (χ2v) is 7.31. The molecule has 0 heterocycles. The lowest BCUT2D eigenvalue weighted by Crippen LogP contribution is -2.07. The predicted octanol–water partition coefficient (Wildman–Crippen LogP) is 5.36. The summed E-state index contributed by atoms with van der Waals surface area (Å²) in [7, 11) is 3.05. The average Bonchev–Trinajstić information content (AvgIpc) is 2.58. The zero-order chi connectivity index (χ0) is 19.3. The van der Waals surface area contributed by atoms with Crippen LogP contribution in [0.4, 0.5) is 0 Å². The zero-order valence-electron chi connectivity index (χ0n) is 15.8. The third-order valence-electron chi connectivity index (χ3n) is 3.92. The van der Waals surface area contributed by atoms with Crippen molar-refractivity contribution >= 4 is 32.7 Å². The molecule has 0 atom stereocenters. The molecule has 0 aromatic heterocycles. The number of methoxy groups -OCH3 is 2. The van der Waals surface area contributed by atoms with Crippen LogP contribution < -0.4 is 18.9 Å². The summed E-state index contributed by atoms with van der Waals surface area (Å²) in [5.74, 6) is 1.86. The number of benzene rings is 2. The lowest BCUT2D eigenvalue weighted by molar-refractivity contribution is -0.131. The minimum absolute atomic E-state index is 0.328. The van der Waals surface area contributed by atoms with Crippen LogP contribution in [0.3, 0.4) is 0 Å². The topological polar surface area (TPSA) is 54.0 Å². The molecule has 6 heteroatoms. The van der Waals surface area contributed by atoms with E-state index in [9.17, 15) is 4.79 Å². The van der Waals surface area contributed by atoms with Crippen molar-refractivity contribution in [3.63, 3.8) is 0 Å². The van der Waals surface area contributed by atoms with Crippen LogP contribution in [0.2, 0.25) is 0 Å². The third-order valence-corrected chi connectivity index (χ3v) is 4.41. The molecule has 0 saturated carbocycles. The molecule has 142 valence electrons. The number of hydrogen-bond donors (Lipinski definition) is 0. The van der Waals surface area contributed by atoms with Crippen LogP contribution in [-0.4, -0.2) is 26.8 Å². The highest BCUT2D eigenvalue weighted by Crippen LogP contribution is 2.51. The summed E-state index contributed by atoms with van der Waals surface area (Å²) in [6.07, 6.45) is 2.01. The average molecular weight is 425 g/mol. The number of halogens is 1. The number of rotatable bonds is 8. The Morgan fingerprint density at radius 3 is 2.27 bits per heavy atom. The molecular weight excluding hydrogens is 400 g/mol. The molecule has 2 aromatic rings. The molecule has 0 aliphatic rings. The van der Waals surface area contributed by atoms with Crippen molar-refractivity contribution < 1.29 is 23.7 Å². The molecule has 5 nitrogen and oxygen atoms in total. The summed E-state index contributed by atoms with van der Waals surface area (Å²) in [6.45, 7) is 6.28. The maximum Gasteiger partial charge on any atom is 0.308 e. The Kier molecular flexibility index (Phi) is 7.14. The minimum Gasteiger partial charge on any atom is -0.490 e. The first-order valence-electron chi connectivity index (χ1n) is 8.57. The summed E-state index contributed by atoms with van der Waals surface area (Å²) >= 11 is 3.49. The molecule has 26 heavy (non-hydrogen) atoms. The fourth-order valence-corrected chi connectivity index (χ4v) is 3.14. The number of hydrogen-bond acceptors (Lipinski definition) is 5. The summed E-state index contributed by atoms with van der Waals surface area (Å²) in [5.41, 5.74) is 0. The highest BCUT2D eigenvalue weighted by atomic mass is 79.9. The second-order valence-electron chi connectivity index (χ2n) is 6.39. The maximum absolute atomic E-state index is 11.6. The number of esters is 1. The summed E-state index contributed by atoms with van der Waals surface area (Å²) in [4.78, 5) is 11.6. The van der Waals surface area contributed by atoms with Gasteiger partial charge in [-0.25, -0.2) is 0 Å². The van der Waals surface area contributed by atoms with E-state index in [1.165, 1.54) is 14.0 Å². The van der Waals surface area contributed by atoms with E-state index in [0.29, 0.717) is 35.5 Å². The molecule has 2 aromatic carbocycles. The third kappa shape index (κ3) is 4.61. The van der Waals surface area contributed by atoms with Crippen molar-refractivity contribution in [2.45, 2.75) is 33.6 Å². The van der Waals surface area contributed by atoms with E-state index >= 15 is 0 Å². The van der Waals surface area contributed by atoms with Gasteiger partial charge < -0.3 is 18.9 Å². The lowest BCUT2D eigenvalue weighted by Gasteiger charge is -2.20.